The lowest BCUT2D eigenvalue weighted by molar-refractivity contribution is 0.149. The number of piperazine rings is 1. The second-order valence-electron chi connectivity index (χ2n) is 6.02. The Morgan fingerprint density at radius 1 is 1.38 bits per heavy atom. The van der Waals surface area contributed by atoms with E-state index in [1.165, 1.54) is 15.8 Å². The van der Waals surface area contributed by atoms with Crippen LogP contribution in [0.2, 0.25) is 0 Å². The highest BCUT2D eigenvalue weighted by molar-refractivity contribution is 7.15. The van der Waals surface area contributed by atoms with Crippen LogP contribution >= 0.6 is 11.3 Å². The summed E-state index contributed by atoms with van der Waals surface area (Å²) in [6, 6.07) is 4.37. The fourth-order valence-electron chi connectivity index (χ4n) is 2.62. The van der Waals surface area contributed by atoms with E-state index in [0.717, 1.165) is 44.2 Å². The molecule has 3 rings (SSSR count). The van der Waals surface area contributed by atoms with Crippen LogP contribution in [0.1, 0.15) is 10.7 Å². The molecule has 3 heterocycles. The number of aromatic nitrogens is 2. The van der Waals surface area contributed by atoms with E-state index in [-0.39, 0.29) is 0 Å². The molecule has 6 heteroatoms. The molecule has 0 bridgehead atoms. The summed E-state index contributed by atoms with van der Waals surface area (Å²) in [5.74, 6) is 0.755. The normalized spacial score (nSPS) is 16.7. The van der Waals surface area contributed by atoms with E-state index in [4.69, 9.17) is 5.41 Å². The Morgan fingerprint density at radius 3 is 2.92 bits per heavy atom. The van der Waals surface area contributed by atoms with Gasteiger partial charge in [-0.1, -0.05) is 6.58 Å². The van der Waals surface area contributed by atoms with E-state index in [1.807, 2.05) is 17.5 Å². The quantitative estimate of drug-likeness (QED) is 0.794. The van der Waals surface area contributed by atoms with Gasteiger partial charge in [0.15, 0.2) is 0 Å². The number of H-pyrrole nitrogens is 1. The molecular formula is C18H23N5S. The lowest BCUT2D eigenvalue weighted by atomic mass is 10.3. The summed E-state index contributed by atoms with van der Waals surface area (Å²) in [6.07, 6.45) is 6.84. The molecular weight excluding hydrogens is 318 g/mol. The predicted molar refractivity (Wildman–Crippen MR) is 102 cm³/mol. The minimum absolute atomic E-state index is 0.374. The topological polar surface area (TPSA) is 59.0 Å². The molecule has 1 aliphatic heterocycles. The highest BCUT2D eigenvalue weighted by atomic mass is 32.1. The predicted octanol–water partition coefficient (Wildman–Crippen LogP) is 3.10. The highest BCUT2D eigenvalue weighted by Gasteiger charge is 2.15. The zero-order valence-electron chi connectivity index (χ0n) is 14.0. The number of nitrogens with one attached hydrogen (secondary N) is 2. The van der Waals surface area contributed by atoms with Gasteiger partial charge in [-0.05, 0) is 37.4 Å². The van der Waals surface area contributed by atoms with Gasteiger partial charge in [0.05, 0.1) is 22.5 Å². The Bertz CT molecular complexity index is 734. The van der Waals surface area contributed by atoms with Crippen molar-refractivity contribution in [2.24, 2.45) is 0 Å². The van der Waals surface area contributed by atoms with Gasteiger partial charge < -0.3 is 15.3 Å². The van der Waals surface area contributed by atoms with E-state index >= 15 is 0 Å². The fourth-order valence-corrected chi connectivity index (χ4v) is 3.63. The van der Waals surface area contributed by atoms with Gasteiger partial charge in [-0.2, -0.15) is 0 Å². The van der Waals surface area contributed by atoms with Crippen molar-refractivity contribution in [3.8, 4) is 10.6 Å². The zero-order chi connectivity index (χ0) is 16.9. The molecule has 2 aromatic heterocycles. The van der Waals surface area contributed by atoms with Crippen LogP contribution in [-0.4, -0.2) is 58.7 Å². The first-order chi connectivity index (χ1) is 11.6. The molecule has 0 radical (unpaired) electrons. The Labute approximate surface area is 146 Å². The first-order valence-corrected chi connectivity index (χ1v) is 8.90. The second kappa shape index (κ2) is 7.70. The van der Waals surface area contributed by atoms with Gasteiger partial charge in [-0.25, -0.2) is 4.98 Å². The standard InChI is InChI=1S/C18H23N5S/c1-3-14(19)4-7-18-20-12-16(21-18)17-6-5-15(24-17)13-23-10-8-22(2)9-11-23/h3-7,12,19H,1,8-11,13H2,2H3,(H,20,21)/b7-4-,19-14?. The minimum Gasteiger partial charge on any atom is -0.338 e. The van der Waals surface area contributed by atoms with Gasteiger partial charge in [0.25, 0.3) is 0 Å². The van der Waals surface area contributed by atoms with Gasteiger partial charge in [-0.15, -0.1) is 11.3 Å². The molecule has 0 saturated carbocycles. The third-order valence-corrected chi connectivity index (χ3v) is 5.24. The molecule has 0 atom stereocenters. The van der Waals surface area contributed by atoms with Crippen molar-refractivity contribution in [2.75, 3.05) is 33.2 Å². The molecule has 2 N–H and O–H groups in total. The molecule has 126 valence electrons. The lowest BCUT2D eigenvalue weighted by Crippen LogP contribution is -2.43. The molecule has 5 nitrogen and oxygen atoms in total. The zero-order valence-corrected chi connectivity index (χ0v) is 14.8. The number of nitrogens with zero attached hydrogens (tertiary/aromatic N) is 3. The smallest absolute Gasteiger partial charge is 0.130 e. The number of hydrogen-bond donors (Lipinski definition) is 2. The van der Waals surface area contributed by atoms with Crippen LogP contribution in [-0.2, 0) is 6.54 Å². The molecule has 1 aliphatic rings. The number of allylic oxidation sites excluding steroid dienone is 2. The average Bonchev–Trinajstić information content (AvgIpc) is 3.24. The van der Waals surface area contributed by atoms with Gasteiger partial charge >= 0.3 is 0 Å². The molecule has 1 saturated heterocycles. The van der Waals surface area contributed by atoms with Crippen LogP contribution < -0.4 is 0 Å². The summed E-state index contributed by atoms with van der Waals surface area (Å²) in [4.78, 5) is 15.1. The number of aromatic amines is 1. The van der Waals surface area contributed by atoms with Crippen LogP contribution in [0.4, 0.5) is 0 Å². The van der Waals surface area contributed by atoms with Gasteiger partial charge in [0, 0.05) is 37.6 Å². The van der Waals surface area contributed by atoms with Crippen molar-refractivity contribution in [2.45, 2.75) is 6.54 Å². The van der Waals surface area contributed by atoms with Crippen molar-refractivity contribution >= 4 is 23.1 Å². The van der Waals surface area contributed by atoms with Crippen LogP contribution in [0, 0.1) is 5.41 Å². The third kappa shape index (κ3) is 4.29. The SMILES string of the molecule is C=CC(=N)/C=C\c1ncc(-c2ccc(CN3CCN(C)CC3)s2)[nH]1. The first kappa shape index (κ1) is 16.8. The monoisotopic (exact) mass is 341 g/mol. The molecule has 0 amide bonds. The van der Waals surface area contributed by atoms with E-state index in [0.29, 0.717) is 5.71 Å². The highest BCUT2D eigenvalue weighted by Crippen LogP contribution is 2.28. The summed E-state index contributed by atoms with van der Waals surface area (Å²) < 4.78 is 0. The number of thiophene rings is 1. The Balaban J connectivity index is 1.63. The van der Waals surface area contributed by atoms with E-state index < -0.39 is 0 Å². The van der Waals surface area contributed by atoms with Gasteiger partial charge in [0.1, 0.15) is 5.82 Å². The molecule has 0 aromatic carbocycles. The van der Waals surface area contributed by atoms with Gasteiger partial charge in [-0.3, -0.25) is 4.90 Å². The summed E-state index contributed by atoms with van der Waals surface area (Å²) in [7, 11) is 2.18. The molecule has 24 heavy (non-hydrogen) atoms. The maximum absolute atomic E-state index is 7.54. The number of likely N-dealkylation sites (N-methyl/N-ethyl adjacent to an activating group) is 1. The molecule has 0 unspecified atom stereocenters. The van der Waals surface area contributed by atoms with E-state index in [9.17, 15) is 0 Å². The number of imidazole rings is 1. The first-order valence-electron chi connectivity index (χ1n) is 8.08. The molecule has 0 aliphatic carbocycles. The van der Waals surface area contributed by atoms with Crippen molar-refractivity contribution < 1.29 is 0 Å². The van der Waals surface area contributed by atoms with Crippen molar-refractivity contribution in [1.82, 2.24) is 19.8 Å². The molecule has 2 aromatic rings. The maximum Gasteiger partial charge on any atom is 0.130 e. The Hall–Kier alpha value is -2.02. The number of rotatable bonds is 6. The van der Waals surface area contributed by atoms with Crippen molar-refractivity contribution in [3.05, 3.63) is 47.8 Å². The molecule has 1 fully saturated rings. The van der Waals surface area contributed by atoms with Crippen molar-refractivity contribution in [1.29, 1.82) is 5.41 Å². The summed E-state index contributed by atoms with van der Waals surface area (Å²) in [5, 5.41) is 7.54. The van der Waals surface area contributed by atoms with E-state index in [2.05, 4.69) is 45.5 Å². The fraction of sp³-hybridized carbons (Fsp3) is 0.333. The maximum atomic E-state index is 7.54. The van der Waals surface area contributed by atoms with Gasteiger partial charge in [0.2, 0.25) is 0 Å². The second-order valence-corrected chi connectivity index (χ2v) is 7.19. The average molecular weight is 341 g/mol. The number of hydrogen-bond acceptors (Lipinski definition) is 5. The molecule has 0 spiro atoms. The Kier molecular flexibility index (Phi) is 5.40. The Morgan fingerprint density at radius 2 is 2.17 bits per heavy atom. The van der Waals surface area contributed by atoms with Crippen molar-refractivity contribution in [3.63, 3.8) is 0 Å². The third-order valence-electron chi connectivity index (χ3n) is 4.14. The summed E-state index contributed by atoms with van der Waals surface area (Å²) >= 11 is 1.81. The van der Waals surface area contributed by atoms with Crippen LogP contribution in [0.5, 0.6) is 0 Å². The minimum atomic E-state index is 0.374. The lowest BCUT2D eigenvalue weighted by Gasteiger charge is -2.31. The van der Waals surface area contributed by atoms with Crippen LogP contribution in [0.15, 0.2) is 37.1 Å². The van der Waals surface area contributed by atoms with Crippen LogP contribution in [0.3, 0.4) is 0 Å². The van der Waals surface area contributed by atoms with Crippen LogP contribution in [0.25, 0.3) is 16.6 Å². The largest absolute Gasteiger partial charge is 0.338 e. The van der Waals surface area contributed by atoms with E-state index in [1.54, 1.807) is 12.2 Å². The summed E-state index contributed by atoms with van der Waals surface area (Å²) in [6.45, 7) is 9.16. The summed E-state index contributed by atoms with van der Waals surface area (Å²) in [5.41, 5.74) is 1.40.